The number of aromatic amines is 1. The van der Waals surface area contributed by atoms with Gasteiger partial charge in [-0.15, -0.1) is 0 Å². The number of rotatable bonds is 15. The Balaban J connectivity index is 0. The molecule has 1 saturated heterocycles. The molecule has 2 fully saturated rings. The number of ether oxygens (including phenoxy) is 1. The summed E-state index contributed by atoms with van der Waals surface area (Å²) in [4.78, 5) is 62.6. The Morgan fingerprint density at radius 3 is 2.13 bits per heavy atom. The molecule has 8 unspecified atom stereocenters. The van der Waals surface area contributed by atoms with Gasteiger partial charge in [-0.1, -0.05) is 40.5 Å². The number of phosphoric acid groups is 2. The van der Waals surface area contributed by atoms with Crippen molar-refractivity contribution in [2.75, 3.05) is 26.8 Å². The second-order valence-corrected chi connectivity index (χ2v) is 14.6. The maximum Gasteiger partial charge on any atom is 1.00 e. The van der Waals surface area contributed by atoms with Gasteiger partial charge in [-0.05, 0) is 32.9 Å². The van der Waals surface area contributed by atoms with Gasteiger partial charge in [0.1, 0.15) is 24.4 Å². The fraction of sp³-hybridized carbons (Fsp3) is 0.821. The molecule has 1 aromatic heterocycles. The minimum absolute atomic E-state index is 0. The van der Waals surface area contributed by atoms with Crippen LogP contribution in [0.15, 0.2) is 21.9 Å². The number of H-pyrrole nitrogens is 1. The number of carbonyl (C=O) groups is 1. The van der Waals surface area contributed by atoms with Gasteiger partial charge in [0.05, 0.1) is 24.9 Å². The average molecular weight is 809 g/mol. The first-order valence-electron chi connectivity index (χ1n) is 16.3. The number of carbonyl (C=O) groups excluding carboxylic acids is 1. The Labute approximate surface area is 346 Å². The second kappa shape index (κ2) is 26.9. The zero-order chi connectivity index (χ0) is 38.2. The summed E-state index contributed by atoms with van der Waals surface area (Å²) in [5.41, 5.74) is -1.77. The predicted octanol–water partition coefficient (Wildman–Crippen LogP) is -8.04. The van der Waals surface area contributed by atoms with Crippen LogP contribution in [0, 0.1) is 5.92 Å². The Hall–Kier alpha value is 0.130. The molecule has 0 bridgehead atoms. The third kappa shape index (κ3) is 17.9. The van der Waals surface area contributed by atoms with Crippen molar-refractivity contribution in [2.45, 2.75) is 115 Å². The Bertz CT molecular complexity index is 1380. The van der Waals surface area contributed by atoms with Gasteiger partial charge in [-0.25, -0.2) is 9.11 Å². The zero-order valence-electron chi connectivity index (χ0n) is 30.8. The number of aromatic nitrogens is 2. The summed E-state index contributed by atoms with van der Waals surface area (Å²) < 4.78 is 44.5. The number of amides is 1. The number of phosphoric ester groups is 2. The second-order valence-electron chi connectivity index (χ2n) is 11.7. The maximum absolute atomic E-state index is 12.6. The van der Waals surface area contributed by atoms with Crippen LogP contribution >= 0.6 is 15.6 Å². The number of aliphatic hydroxyl groups excluding tert-OH is 5. The molecular formula is C28H52N4Na2O16P2. The number of nitrogens with zero attached hydrogens (tertiary/aromatic N) is 1. The zero-order valence-corrected chi connectivity index (χ0v) is 36.6. The summed E-state index contributed by atoms with van der Waals surface area (Å²) in [5.74, 6) is -1.72. The molecule has 3 rings (SSSR count). The normalized spacial score (nSPS) is 29.0. The number of aliphatic hydroxyl groups is 5. The predicted molar refractivity (Wildman–Crippen MR) is 173 cm³/mol. The topological polar surface area (TPSA) is 314 Å². The fourth-order valence-electron chi connectivity index (χ4n) is 4.83. The van der Waals surface area contributed by atoms with E-state index in [2.05, 4.69) is 47.2 Å². The van der Waals surface area contributed by atoms with E-state index in [0.29, 0.717) is 19.4 Å². The molecule has 1 amide bonds. The van der Waals surface area contributed by atoms with E-state index in [1.54, 1.807) is 7.05 Å². The van der Waals surface area contributed by atoms with Crippen molar-refractivity contribution >= 4 is 21.6 Å². The average Bonchev–Trinajstić information content (AvgIpc) is 3.30. The monoisotopic (exact) mass is 808 g/mol. The molecule has 0 radical (unpaired) electrons. The summed E-state index contributed by atoms with van der Waals surface area (Å²) >= 11 is 0. The number of nitrogens with one attached hydrogen (secondary N) is 3. The van der Waals surface area contributed by atoms with E-state index < -0.39 is 107 Å². The van der Waals surface area contributed by atoms with Crippen molar-refractivity contribution in [2.24, 2.45) is 5.92 Å². The van der Waals surface area contributed by atoms with Gasteiger partial charge >= 0.3 is 64.8 Å². The largest absolute Gasteiger partial charge is 1.00 e. The van der Waals surface area contributed by atoms with E-state index in [4.69, 9.17) is 9.26 Å². The summed E-state index contributed by atoms with van der Waals surface area (Å²) in [7, 11) is -9.93. The van der Waals surface area contributed by atoms with Gasteiger partial charge in [-0.2, -0.15) is 0 Å². The minimum atomic E-state index is -5.85. The van der Waals surface area contributed by atoms with E-state index in [0.717, 1.165) is 16.8 Å². The number of hydrogen-bond donors (Lipinski definition) is 8. The van der Waals surface area contributed by atoms with Crippen molar-refractivity contribution in [3.63, 3.8) is 0 Å². The van der Waals surface area contributed by atoms with Crippen LogP contribution in [-0.4, -0.2) is 110 Å². The van der Waals surface area contributed by atoms with Gasteiger partial charge in [0.25, 0.3) is 21.2 Å². The summed E-state index contributed by atoms with van der Waals surface area (Å²) in [6.45, 7) is 7.32. The van der Waals surface area contributed by atoms with Gasteiger partial charge < -0.3 is 59.7 Å². The van der Waals surface area contributed by atoms with Crippen molar-refractivity contribution in [3.05, 3.63) is 33.1 Å². The van der Waals surface area contributed by atoms with E-state index in [1.165, 1.54) is 12.8 Å². The van der Waals surface area contributed by atoms with Crippen LogP contribution in [0.5, 0.6) is 0 Å². The van der Waals surface area contributed by atoms with E-state index >= 15 is 0 Å². The molecule has 1 saturated carbocycles. The Kier molecular flexibility index (Phi) is 28.0. The maximum atomic E-state index is 12.6. The molecular weight excluding hydrogens is 756 g/mol. The van der Waals surface area contributed by atoms with Crippen molar-refractivity contribution in [3.8, 4) is 0 Å². The number of hydrogen-bond acceptors (Lipinski definition) is 17. The first-order valence-corrected chi connectivity index (χ1v) is 19.2. The van der Waals surface area contributed by atoms with Gasteiger partial charge in [0.15, 0.2) is 6.23 Å². The van der Waals surface area contributed by atoms with Crippen LogP contribution < -0.4 is 90.8 Å². The van der Waals surface area contributed by atoms with E-state index in [1.807, 2.05) is 4.98 Å². The van der Waals surface area contributed by atoms with Gasteiger partial charge in [0.2, 0.25) is 5.91 Å². The summed E-state index contributed by atoms with van der Waals surface area (Å²) in [5, 5.41) is 56.2. The van der Waals surface area contributed by atoms with Crippen LogP contribution in [0.3, 0.4) is 0 Å². The van der Waals surface area contributed by atoms with Crippen molar-refractivity contribution < 1.29 is 126 Å². The third-order valence-corrected chi connectivity index (χ3v) is 9.70. The van der Waals surface area contributed by atoms with Crippen LogP contribution in [0.4, 0.5) is 0 Å². The smallest absolute Gasteiger partial charge is 0.756 e. The molecule has 0 spiro atoms. The first kappa shape index (κ1) is 54.2. The molecule has 20 nitrogen and oxygen atoms in total. The quantitative estimate of drug-likeness (QED) is 0.0464. The van der Waals surface area contributed by atoms with Crippen LogP contribution in [-0.2, 0) is 32.0 Å². The molecule has 11 atom stereocenters. The van der Waals surface area contributed by atoms with E-state index in [9.17, 15) is 58.8 Å². The molecule has 1 aromatic rings. The molecule has 52 heavy (non-hydrogen) atoms. The van der Waals surface area contributed by atoms with E-state index in [-0.39, 0.29) is 65.5 Å². The molecule has 24 heteroatoms. The van der Waals surface area contributed by atoms with Crippen LogP contribution in [0.2, 0.25) is 0 Å². The fourth-order valence-corrected chi connectivity index (χ4v) is 7.03. The van der Waals surface area contributed by atoms with Gasteiger partial charge in [0, 0.05) is 31.2 Å². The molecule has 2 heterocycles. The van der Waals surface area contributed by atoms with Crippen LogP contribution in [0.1, 0.15) is 72.4 Å². The summed E-state index contributed by atoms with van der Waals surface area (Å²) in [6, 6.07) is -0.617. The summed E-state index contributed by atoms with van der Waals surface area (Å²) in [6.07, 6.45) is -7.84. The molecule has 292 valence electrons. The molecule has 0 aromatic carbocycles. The Morgan fingerprint density at radius 1 is 1.00 bits per heavy atom. The molecule has 2 aliphatic rings. The molecule has 1 aliphatic heterocycles. The van der Waals surface area contributed by atoms with Crippen molar-refractivity contribution in [1.82, 2.24) is 20.2 Å². The minimum Gasteiger partial charge on any atom is -0.756 e. The third-order valence-electron chi connectivity index (χ3n) is 7.10. The molecule has 1 aliphatic carbocycles. The standard InChI is InChI=1S/C22H38N4O16P2.2C3H8.2Na/c1-23-6-3-2-4-14(28)24-16-12(8-11(9-27)17(30)19(16)32)41-44(37,38)42-43(35,36)39-10-13-18(31)20(33)21(40-13)26-7-5-15(29)25-22(26)34;2*1-3-2;;/h5,7,11-13,16-21,23,27,30-33H,2-4,6,8-10H2,1H3,(H,24,28)(H,35,36)(H,37,38)(H,25,29,34);2*3H2,1-2H3;;/q;;;2*+1/p-2/t11?,12-,13?,16?,17-,18?,19+,20?,21?;;;;/m0..../s1. The molecule has 8 N–H and O–H groups in total. The van der Waals surface area contributed by atoms with Gasteiger partial charge in [-0.3, -0.25) is 28.3 Å². The van der Waals surface area contributed by atoms with Crippen LogP contribution in [0.25, 0.3) is 0 Å². The SMILES string of the molecule is CCC.CCC.CNCCCCC(=O)NC1[C@@H](OP(=O)([O-])OP(=O)([O-])OCC2OC(n3ccc(=O)[nH]c3=O)C(O)C2O)CC(CO)[C@H](O)[C@@H]1O.[Na+].[Na+]. The Morgan fingerprint density at radius 2 is 1.60 bits per heavy atom. The first-order chi connectivity index (χ1) is 23.4. The van der Waals surface area contributed by atoms with Crippen molar-refractivity contribution in [1.29, 1.82) is 0 Å². The number of unbranched alkanes of at least 4 members (excludes halogenated alkanes) is 1.